The van der Waals surface area contributed by atoms with E-state index in [4.69, 9.17) is 16.3 Å². The molecule has 4 heteroatoms. The van der Waals surface area contributed by atoms with Gasteiger partial charge in [0, 0.05) is 17.1 Å². The maximum Gasteiger partial charge on any atom is 0.123 e. The van der Waals surface area contributed by atoms with Crippen LogP contribution in [0, 0.1) is 0 Å². The minimum absolute atomic E-state index is 0. The second-order valence-electron chi connectivity index (χ2n) is 2.97. The van der Waals surface area contributed by atoms with E-state index in [2.05, 4.69) is 12.2 Å². The summed E-state index contributed by atoms with van der Waals surface area (Å²) in [6.45, 7) is 6.47. The summed E-state index contributed by atoms with van der Waals surface area (Å²) >= 11 is 5.91. The highest BCUT2D eigenvalue weighted by Gasteiger charge is 2.03. The fourth-order valence-corrected chi connectivity index (χ4v) is 1.44. The van der Waals surface area contributed by atoms with Crippen LogP contribution in [0.15, 0.2) is 18.2 Å². The molecular weight excluding hydrogens is 233 g/mol. The molecule has 0 radical (unpaired) electrons. The van der Waals surface area contributed by atoms with Crippen molar-refractivity contribution in [1.29, 1.82) is 0 Å². The fraction of sp³-hybridized carbons (Fsp3) is 0.455. The van der Waals surface area contributed by atoms with Gasteiger partial charge in [-0.3, -0.25) is 0 Å². The second-order valence-corrected chi connectivity index (χ2v) is 3.40. The third-order valence-corrected chi connectivity index (χ3v) is 2.12. The van der Waals surface area contributed by atoms with Crippen molar-refractivity contribution in [2.24, 2.45) is 0 Å². The van der Waals surface area contributed by atoms with E-state index in [9.17, 15) is 0 Å². The van der Waals surface area contributed by atoms with Crippen LogP contribution in [0.3, 0.4) is 0 Å². The molecule has 0 saturated carbocycles. The molecule has 0 aliphatic rings. The lowest BCUT2D eigenvalue weighted by Crippen LogP contribution is -2.12. The summed E-state index contributed by atoms with van der Waals surface area (Å²) in [6, 6.07) is 5.70. The highest BCUT2D eigenvalue weighted by Crippen LogP contribution is 2.22. The Kier molecular flexibility index (Phi) is 7.57. The van der Waals surface area contributed by atoms with Crippen LogP contribution in [0.1, 0.15) is 19.4 Å². The van der Waals surface area contributed by atoms with Crippen molar-refractivity contribution in [3.63, 3.8) is 0 Å². The lowest BCUT2D eigenvalue weighted by molar-refractivity contribution is 0.335. The number of hydrogen-bond acceptors (Lipinski definition) is 2. The molecule has 0 saturated heterocycles. The average Bonchev–Trinajstić information content (AvgIpc) is 2.18. The normalized spacial score (nSPS) is 9.53. The summed E-state index contributed by atoms with van der Waals surface area (Å²) < 4.78 is 5.49. The quantitative estimate of drug-likeness (QED) is 0.865. The van der Waals surface area contributed by atoms with Crippen LogP contribution >= 0.6 is 24.0 Å². The van der Waals surface area contributed by atoms with Crippen molar-refractivity contribution >= 4 is 24.0 Å². The largest absolute Gasteiger partial charge is 0.494 e. The number of benzene rings is 1. The molecule has 0 aliphatic carbocycles. The molecule has 0 aliphatic heterocycles. The summed E-state index contributed by atoms with van der Waals surface area (Å²) in [6.07, 6.45) is 0. The van der Waals surface area contributed by atoms with Crippen LogP contribution in [0.25, 0.3) is 0 Å². The molecule has 86 valence electrons. The summed E-state index contributed by atoms with van der Waals surface area (Å²) in [4.78, 5) is 0. The Labute approximate surface area is 102 Å². The van der Waals surface area contributed by atoms with Gasteiger partial charge in [0.05, 0.1) is 6.61 Å². The van der Waals surface area contributed by atoms with E-state index in [-0.39, 0.29) is 12.4 Å². The minimum atomic E-state index is 0. The first-order valence-corrected chi connectivity index (χ1v) is 5.27. The monoisotopic (exact) mass is 249 g/mol. The Morgan fingerprint density at radius 1 is 1.33 bits per heavy atom. The molecule has 15 heavy (non-hydrogen) atoms. The molecule has 0 fully saturated rings. The summed E-state index contributed by atoms with van der Waals surface area (Å²) in [5.74, 6) is 0.915. The lowest BCUT2D eigenvalue weighted by atomic mass is 10.2. The molecule has 0 atom stereocenters. The van der Waals surface area contributed by atoms with Crippen molar-refractivity contribution in [3.8, 4) is 5.75 Å². The van der Waals surface area contributed by atoms with E-state index in [0.717, 1.165) is 29.4 Å². The predicted octanol–water partition coefficient (Wildman–Crippen LogP) is 3.27. The Bertz CT molecular complexity index is 292. The number of rotatable bonds is 5. The number of ether oxygens (including phenoxy) is 1. The molecule has 1 aromatic carbocycles. The minimum Gasteiger partial charge on any atom is -0.494 e. The van der Waals surface area contributed by atoms with Gasteiger partial charge in [-0.1, -0.05) is 18.5 Å². The summed E-state index contributed by atoms with van der Waals surface area (Å²) in [5.41, 5.74) is 1.11. The zero-order valence-electron chi connectivity index (χ0n) is 9.05. The Hall–Kier alpha value is -0.440. The van der Waals surface area contributed by atoms with Gasteiger partial charge >= 0.3 is 0 Å². The van der Waals surface area contributed by atoms with Gasteiger partial charge < -0.3 is 10.1 Å². The smallest absolute Gasteiger partial charge is 0.123 e. The Morgan fingerprint density at radius 3 is 2.67 bits per heavy atom. The fourth-order valence-electron chi connectivity index (χ4n) is 1.24. The van der Waals surface area contributed by atoms with Crippen molar-refractivity contribution in [3.05, 3.63) is 28.8 Å². The van der Waals surface area contributed by atoms with E-state index < -0.39 is 0 Å². The molecule has 1 aromatic rings. The van der Waals surface area contributed by atoms with Crippen molar-refractivity contribution in [2.45, 2.75) is 20.4 Å². The Balaban J connectivity index is 0.00000196. The molecule has 0 aromatic heterocycles. The number of hydrogen-bond donors (Lipinski definition) is 1. The van der Waals surface area contributed by atoms with Gasteiger partial charge in [0.1, 0.15) is 5.75 Å². The standard InChI is InChI=1S/C11H16ClNO.ClH/c1-3-13-8-9-7-10(12)5-6-11(9)14-4-2;/h5-7,13H,3-4,8H2,1-2H3;1H. The van der Waals surface area contributed by atoms with Gasteiger partial charge in [-0.05, 0) is 31.7 Å². The molecule has 2 nitrogen and oxygen atoms in total. The maximum atomic E-state index is 5.91. The van der Waals surface area contributed by atoms with Gasteiger partial charge in [-0.2, -0.15) is 0 Å². The molecule has 0 unspecified atom stereocenters. The van der Waals surface area contributed by atoms with Gasteiger partial charge in [0.25, 0.3) is 0 Å². The molecular formula is C11H17Cl2NO. The lowest BCUT2D eigenvalue weighted by Gasteiger charge is -2.10. The van der Waals surface area contributed by atoms with Crippen LogP contribution in [-0.4, -0.2) is 13.2 Å². The molecule has 0 heterocycles. The Morgan fingerprint density at radius 2 is 2.07 bits per heavy atom. The van der Waals surface area contributed by atoms with Gasteiger partial charge in [-0.25, -0.2) is 0 Å². The highest BCUT2D eigenvalue weighted by atomic mass is 35.5. The first kappa shape index (κ1) is 14.6. The van der Waals surface area contributed by atoms with Crippen LogP contribution in [0.4, 0.5) is 0 Å². The summed E-state index contributed by atoms with van der Waals surface area (Å²) in [5, 5.41) is 4.00. The SMILES string of the molecule is CCNCc1cc(Cl)ccc1OCC.Cl. The average molecular weight is 250 g/mol. The topological polar surface area (TPSA) is 21.3 Å². The second kappa shape index (κ2) is 7.80. The molecule has 1 rings (SSSR count). The first-order valence-electron chi connectivity index (χ1n) is 4.89. The molecule has 0 spiro atoms. The number of halogens is 2. The third-order valence-electron chi connectivity index (χ3n) is 1.89. The van der Waals surface area contributed by atoms with Crippen LogP contribution in [0.2, 0.25) is 5.02 Å². The number of nitrogens with one attached hydrogen (secondary N) is 1. The van der Waals surface area contributed by atoms with E-state index in [1.165, 1.54) is 0 Å². The highest BCUT2D eigenvalue weighted by molar-refractivity contribution is 6.30. The molecule has 0 bridgehead atoms. The van der Waals surface area contributed by atoms with Crippen LogP contribution in [-0.2, 0) is 6.54 Å². The third kappa shape index (κ3) is 4.74. The van der Waals surface area contributed by atoms with E-state index in [1.807, 2.05) is 25.1 Å². The predicted molar refractivity (Wildman–Crippen MR) is 67.2 cm³/mol. The van der Waals surface area contributed by atoms with Gasteiger partial charge in [-0.15, -0.1) is 12.4 Å². The van der Waals surface area contributed by atoms with E-state index in [0.29, 0.717) is 6.61 Å². The van der Waals surface area contributed by atoms with E-state index >= 15 is 0 Å². The molecule has 1 N–H and O–H groups in total. The van der Waals surface area contributed by atoms with Crippen molar-refractivity contribution in [1.82, 2.24) is 5.32 Å². The zero-order chi connectivity index (χ0) is 10.4. The molecule has 0 amide bonds. The van der Waals surface area contributed by atoms with Crippen molar-refractivity contribution in [2.75, 3.05) is 13.2 Å². The maximum absolute atomic E-state index is 5.91. The van der Waals surface area contributed by atoms with Gasteiger partial charge in [0.15, 0.2) is 0 Å². The van der Waals surface area contributed by atoms with Gasteiger partial charge in [0.2, 0.25) is 0 Å². The van der Waals surface area contributed by atoms with Crippen molar-refractivity contribution < 1.29 is 4.74 Å². The van der Waals surface area contributed by atoms with Crippen LogP contribution < -0.4 is 10.1 Å². The zero-order valence-corrected chi connectivity index (χ0v) is 10.6. The van der Waals surface area contributed by atoms with E-state index in [1.54, 1.807) is 0 Å². The first-order chi connectivity index (χ1) is 6.77. The summed E-state index contributed by atoms with van der Waals surface area (Å²) in [7, 11) is 0. The van der Waals surface area contributed by atoms with Crippen LogP contribution in [0.5, 0.6) is 5.75 Å².